The maximum atomic E-state index is 14.0. The number of hydrogen-bond donors (Lipinski definition) is 0. The number of fused-ring (bicyclic) bond motifs is 1. The average molecular weight is 689 g/mol. The lowest BCUT2D eigenvalue weighted by Crippen LogP contribution is -2.46. The summed E-state index contributed by atoms with van der Waals surface area (Å²) in [7, 11) is 1.56. The van der Waals surface area contributed by atoms with Crippen molar-refractivity contribution in [1.82, 2.24) is 14.8 Å². The summed E-state index contributed by atoms with van der Waals surface area (Å²) >= 11 is 0. The quantitative estimate of drug-likeness (QED) is 0.0580. The second-order valence-corrected chi connectivity index (χ2v) is 13.1. The second-order valence-electron chi connectivity index (χ2n) is 13.1. The van der Waals surface area contributed by atoms with Crippen LogP contribution in [0.4, 0.5) is 4.39 Å². The first-order valence-electron chi connectivity index (χ1n) is 17.9. The number of carbonyl (C=O) groups excluding carboxylic acids is 1. The Balaban J connectivity index is 1.47. The summed E-state index contributed by atoms with van der Waals surface area (Å²) in [5.74, 6) is 6.24. The van der Waals surface area contributed by atoms with Gasteiger partial charge in [-0.3, -0.25) is 14.8 Å². The highest BCUT2D eigenvalue weighted by Crippen LogP contribution is 2.38. The Hall–Kier alpha value is -4.84. The van der Waals surface area contributed by atoms with Crippen molar-refractivity contribution in [2.45, 2.75) is 59.6 Å². The Kier molecular flexibility index (Phi) is 13.1. The Morgan fingerprint density at radius 1 is 1.02 bits per heavy atom. The van der Waals surface area contributed by atoms with Crippen molar-refractivity contribution >= 4 is 22.4 Å². The number of pyridine rings is 1. The molecule has 0 radical (unpaired) electrons. The topological polar surface area (TPSA) is 67.3 Å². The Labute approximate surface area is 302 Å². The Morgan fingerprint density at radius 3 is 2.37 bits per heavy atom. The van der Waals surface area contributed by atoms with Gasteiger partial charge in [-0.1, -0.05) is 43.2 Å². The largest absolute Gasteiger partial charge is 0.493 e. The smallest absolute Gasteiger partial charge is 0.200 e. The molecule has 0 bridgehead atoms. The minimum absolute atomic E-state index is 0.0187. The van der Waals surface area contributed by atoms with Crippen LogP contribution in [0.2, 0.25) is 0 Å². The maximum Gasteiger partial charge on any atom is 0.200 e. The number of ketones is 1. The maximum absolute atomic E-state index is 14.0. The third-order valence-electron chi connectivity index (χ3n) is 9.11. The van der Waals surface area contributed by atoms with Gasteiger partial charge in [0.15, 0.2) is 23.4 Å². The molecule has 1 atom stereocenters. The van der Waals surface area contributed by atoms with Gasteiger partial charge in [0.1, 0.15) is 5.82 Å². The van der Waals surface area contributed by atoms with Gasteiger partial charge < -0.3 is 19.3 Å². The molecule has 2 heterocycles. The van der Waals surface area contributed by atoms with Crippen LogP contribution in [0.1, 0.15) is 74.5 Å². The number of ether oxygens (including phenoxy) is 2. The zero-order chi connectivity index (χ0) is 36.3. The van der Waals surface area contributed by atoms with Gasteiger partial charge in [-0.2, -0.15) is 0 Å². The van der Waals surface area contributed by atoms with Gasteiger partial charge in [-0.25, -0.2) is 4.39 Å². The minimum Gasteiger partial charge on any atom is -0.493 e. The molecule has 8 heteroatoms. The van der Waals surface area contributed by atoms with E-state index in [9.17, 15) is 9.18 Å². The molecule has 3 aromatic carbocycles. The average Bonchev–Trinajstić information content (AvgIpc) is 3.13. The first-order chi connectivity index (χ1) is 24.7. The number of carbonyl (C=O) groups is 1. The molecule has 1 fully saturated rings. The van der Waals surface area contributed by atoms with E-state index >= 15 is 0 Å². The van der Waals surface area contributed by atoms with Crippen molar-refractivity contribution < 1.29 is 18.7 Å². The lowest BCUT2D eigenvalue weighted by molar-refractivity contribution is -0.121. The highest BCUT2D eigenvalue weighted by molar-refractivity contribution is 6.20. The molecular formula is C43H49FN4O3. The number of unbranched alkanes of at least 4 members (excludes halogenated alkanes) is 1. The van der Waals surface area contributed by atoms with Crippen LogP contribution in [0.5, 0.6) is 11.5 Å². The Bertz CT molecular complexity index is 1920. The van der Waals surface area contributed by atoms with Crippen LogP contribution in [0, 0.1) is 24.6 Å². The van der Waals surface area contributed by atoms with Crippen molar-refractivity contribution in [1.29, 1.82) is 0 Å². The number of nitrogens with zero attached hydrogens (tertiary/aromatic N) is 4. The zero-order valence-corrected chi connectivity index (χ0v) is 30.7. The molecule has 0 amide bonds. The first-order valence-corrected chi connectivity index (χ1v) is 17.9. The van der Waals surface area contributed by atoms with Gasteiger partial charge in [-0.05, 0) is 95.6 Å². The normalized spacial score (nSPS) is 14.9. The van der Waals surface area contributed by atoms with E-state index in [-0.39, 0.29) is 17.6 Å². The van der Waals surface area contributed by atoms with Crippen molar-refractivity contribution in [3.63, 3.8) is 0 Å². The van der Waals surface area contributed by atoms with E-state index in [2.05, 4.69) is 28.6 Å². The van der Waals surface area contributed by atoms with E-state index in [0.29, 0.717) is 22.6 Å². The highest BCUT2D eigenvalue weighted by Gasteiger charge is 2.25. The van der Waals surface area contributed by atoms with Gasteiger partial charge in [-0.15, -0.1) is 5.92 Å². The number of aliphatic imine (C=N–C) groups is 1. The number of piperazine rings is 1. The summed E-state index contributed by atoms with van der Waals surface area (Å²) in [4.78, 5) is 28.6. The van der Waals surface area contributed by atoms with Gasteiger partial charge >= 0.3 is 0 Å². The summed E-state index contributed by atoms with van der Waals surface area (Å²) in [5, 5.41) is 0.809. The summed E-state index contributed by atoms with van der Waals surface area (Å²) in [5.41, 5.74) is 5.80. The standard InChI is InChI=1S/C43H49FN4O3/c1-7-12-32-14-16-33(17-15-32)42(46-30(3)4)41-31(5)29-45-37-28-39(50-6)40(27-36(37)41)51-43(34-18-20-35(44)21-19-34)38(49)13-10-9-11-22-48-25-23-47(8-2)24-26-48/h10,13-21,27-30,43H,8-9,11,22-26H2,1-6H3. The SMILES string of the molecule is CC#Cc1ccc(C(=NC(C)C)c2c(C)cnc3cc(OC)c(OC(C(=O)C=CCCCN4CCN(CC)CC4)c4ccc(F)cc4)cc23)cc1. The molecule has 1 aliphatic rings. The van der Waals surface area contributed by atoms with Crippen molar-refractivity contribution in [3.05, 3.63) is 113 Å². The summed E-state index contributed by atoms with van der Waals surface area (Å²) in [6.07, 6.45) is 6.06. The number of aryl methyl sites for hydroxylation is 1. The van der Waals surface area contributed by atoms with Crippen molar-refractivity contribution in [2.24, 2.45) is 4.99 Å². The number of rotatable bonds is 14. The van der Waals surface area contributed by atoms with E-state index in [4.69, 9.17) is 19.5 Å². The zero-order valence-electron chi connectivity index (χ0n) is 30.7. The third-order valence-corrected chi connectivity index (χ3v) is 9.11. The van der Waals surface area contributed by atoms with Gasteiger partial charge in [0.2, 0.25) is 0 Å². The van der Waals surface area contributed by atoms with E-state index < -0.39 is 6.10 Å². The molecule has 0 N–H and O–H groups in total. The number of hydrogen-bond acceptors (Lipinski definition) is 7. The molecule has 0 saturated carbocycles. The van der Waals surface area contributed by atoms with Crippen LogP contribution in [-0.4, -0.2) is 78.7 Å². The van der Waals surface area contributed by atoms with Crippen LogP contribution in [-0.2, 0) is 4.79 Å². The van der Waals surface area contributed by atoms with E-state index in [1.807, 2.05) is 76.4 Å². The fourth-order valence-electron chi connectivity index (χ4n) is 6.37. The van der Waals surface area contributed by atoms with Crippen molar-refractivity contribution in [3.8, 4) is 23.3 Å². The molecule has 5 rings (SSSR count). The minimum atomic E-state index is -1.02. The molecule has 0 spiro atoms. The number of methoxy groups -OCH3 is 1. The van der Waals surface area contributed by atoms with Gasteiger partial charge in [0.25, 0.3) is 0 Å². The fourth-order valence-corrected chi connectivity index (χ4v) is 6.37. The third kappa shape index (κ3) is 9.69. The molecule has 0 aliphatic carbocycles. The Morgan fingerprint density at radius 2 is 1.73 bits per heavy atom. The fraction of sp³-hybridized carbons (Fsp3) is 0.372. The lowest BCUT2D eigenvalue weighted by atomic mass is 9.94. The molecule has 266 valence electrons. The van der Waals surface area contributed by atoms with Gasteiger partial charge in [0, 0.05) is 72.1 Å². The predicted molar refractivity (Wildman–Crippen MR) is 205 cm³/mol. The number of benzene rings is 3. The van der Waals surface area contributed by atoms with Crippen LogP contribution in [0.25, 0.3) is 10.9 Å². The van der Waals surface area contributed by atoms with E-state index in [1.54, 1.807) is 25.3 Å². The van der Waals surface area contributed by atoms with E-state index in [0.717, 1.165) is 85.5 Å². The van der Waals surface area contributed by atoms with E-state index in [1.165, 1.54) is 12.1 Å². The molecular weight excluding hydrogens is 639 g/mol. The predicted octanol–water partition coefficient (Wildman–Crippen LogP) is 7.97. The molecule has 4 aromatic rings. The summed E-state index contributed by atoms with van der Waals surface area (Å²) in [6, 6.07) is 17.7. The first kappa shape index (κ1) is 37.4. The highest BCUT2D eigenvalue weighted by atomic mass is 19.1. The van der Waals surface area contributed by atoms with Gasteiger partial charge in [0.05, 0.1) is 18.3 Å². The monoisotopic (exact) mass is 688 g/mol. The lowest BCUT2D eigenvalue weighted by Gasteiger charge is -2.33. The number of allylic oxidation sites excluding steroid dienone is 1. The number of likely N-dealkylation sites (N-methyl/N-ethyl adjacent to an activating group) is 1. The van der Waals surface area contributed by atoms with Crippen molar-refractivity contribution in [2.75, 3.05) is 46.4 Å². The number of halogens is 1. The van der Waals surface area contributed by atoms with Crippen LogP contribution in [0.3, 0.4) is 0 Å². The molecule has 1 unspecified atom stereocenters. The second kappa shape index (κ2) is 17.9. The summed E-state index contributed by atoms with van der Waals surface area (Å²) in [6.45, 7) is 16.6. The molecule has 1 saturated heterocycles. The molecule has 51 heavy (non-hydrogen) atoms. The molecule has 7 nitrogen and oxygen atoms in total. The van der Waals surface area contributed by atoms with Crippen LogP contribution in [0.15, 0.2) is 84.0 Å². The number of aromatic nitrogens is 1. The van der Waals surface area contributed by atoms with Crippen LogP contribution >= 0.6 is 0 Å². The van der Waals surface area contributed by atoms with Crippen LogP contribution < -0.4 is 9.47 Å². The molecule has 1 aromatic heterocycles. The summed E-state index contributed by atoms with van der Waals surface area (Å²) < 4.78 is 26.4. The molecule has 1 aliphatic heterocycles.